The number of nitro benzene ring substituents is 1. The van der Waals surface area contributed by atoms with Gasteiger partial charge >= 0.3 is 0 Å². The van der Waals surface area contributed by atoms with E-state index in [9.17, 15) is 20.2 Å². The van der Waals surface area contributed by atoms with E-state index in [1.807, 2.05) is 0 Å². The van der Waals surface area contributed by atoms with Crippen LogP contribution in [0.25, 0.3) is 0 Å². The first-order valence-electron chi connectivity index (χ1n) is 4.23. The van der Waals surface area contributed by atoms with Gasteiger partial charge in [-0.05, 0) is 13.0 Å². The summed E-state index contributed by atoms with van der Waals surface area (Å²) in [4.78, 5) is 20.6. The van der Waals surface area contributed by atoms with Crippen molar-refractivity contribution in [1.82, 2.24) is 0 Å². The molecule has 0 unspecified atom stereocenters. The quantitative estimate of drug-likeness (QED) is 0.557. The zero-order chi connectivity index (χ0) is 11.4. The number of hydrazine groups is 1. The van der Waals surface area contributed by atoms with Gasteiger partial charge in [-0.15, -0.1) is 0 Å². The van der Waals surface area contributed by atoms with Crippen molar-refractivity contribution in [3.05, 3.63) is 44.5 Å². The Balaban J connectivity index is 3.22. The number of para-hydroxylation sites is 2. The highest BCUT2D eigenvalue weighted by Gasteiger charge is 2.24. The van der Waals surface area contributed by atoms with Crippen molar-refractivity contribution in [2.45, 2.75) is 6.92 Å². The lowest BCUT2D eigenvalue weighted by atomic mass is 10.2. The van der Waals surface area contributed by atoms with Gasteiger partial charge < -0.3 is 0 Å². The van der Waals surface area contributed by atoms with E-state index in [4.69, 9.17) is 0 Å². The molecule has 1 aromatic rings. The minimum absolute atomic E-state index is 0.00463. The number of nitrogens with zero attached hydrogens (tertiary/aromatic N) is 3. The second kappa shape index (κ2) is 4.36. The lowest BCUT2D eigenvalue weighted by Gasteiger charge is -2.11. The maximum atomic E-state index is 10.6. The van der Waals surface area contributed by atoms with Crippen LogP contribution in [-0.2, 0) is 0 Å². The predicted molar refractivity (Wildman–Crippen MR) is 53.1 cm³/mol. The number of hydrogen-bond acceptors (Lipinski definition) is 4. The van der Waals surface area contributed by atoms with Crippen molar-refractivity contribution >= 4 is 11.4 Å². The summed E-state index contributed by atoms with van der Waals surface area (Å²) in [6, 6.07) is 5.58. The lowest BCUT2D eigenvalue weighted by molar-refractivity contribution is -0.495. The summed E-state index contributed by atoms with van der Waals surface area (Å²) in [7, 11) is 0. The fraction of sp³-hybridized carbons (Fsp3) is 0.250. The first-order valence-corrected chi connectivity index (χ1v) is 4.23. The molecular weight excluding hydrogens is 202 g/mol. The van der Waals surface area contributed by atoms with Gasteiger partial charge in [0, 0.05) is 6.07 Å². The van der Waals surface area contributed by atoms with Crippen molar-refractivity contribution in [3.8, 4) is 0 Å². The summed E-state index contributed by atoms with van der Waals surface area (Å²) in [5, 5.41) is 21.3. The third kappa shape index (κ3) is 2.19. The van der Waals surface area contributed by atoms with E-state index in [1.165, 1.54) is 24.3 Å². The summed E-state index contributed by atoms with van der Waals surface area (Å²) in [6.45, 7) is 1.62. The summed E-state index contributed by atoms with van der Waals surface area (Å²) in [5.41, 5.74) is -0.272. The zero-order valence-electron chi connectivity index (χ0n) is 7.99. The van der Waals surface area contributed by atoms with Crippen molar-refractivity contribution in [2.24, 2.45) is 0 Å². The van der Waals surface area contributed by atoms with Crippen LogP contribution < -0.4 is 5.01 Å². The number of rotatable bonds is 4. The lowest BCUT2D eigenvalue weighted by Crippen LogP contribution is -2.29. The third-order valence-corrected chi connectivity index (χ3v) is 1.85. The highest BCUT2D eigenvalue weighted by Crippen LogP contribution is 2.27. The molecule has 0 radical (unpaired) electrons. The summed E-state index contributed by atoms with van der Waals surface area (Å²) >= 11 is 0. The number of anilines is 1. The van der Waals surface area contributed by atoms with Crippen molar-refractivity contribution in [3.63, 3.8) is 0 Å². The first-order chi connectivity index (χ1) is 7.07. The van der Waals surface area contributed by atoms with Crippen molar-refractivity contribution < 1.29 is 9.96 Å². The molecule has 0 spiro atoms. The second-order valence-electron chi connectivity index (χ2n) is 2.70. The van der Waals surface area contributed by atoms with Gasteiger partial charge in [0.2, 0.25) is 0 Å². The average Bonchev–Trinajstić information content (AvgIpc) is 2.18. The van der Waals surface area contributed by atoms with Crippen LogP contribution in [0.2, 0.25) is 0 Å². The van der Waals surface area contributed by atoms with Gasteiger partial charge in [0.15, 0.2) is 10.7 Å². The molecule has 1 aromatic carbocycles. The standard InChI is InChI=1S/C8H9N3O4/c1-2-9(11(14)15)7-5-3-4-6-8(7)10(12)13/h3-6H,2H2,1H3. The number of hydrogen-bond donors (Lipinski definition) is 0. The van der Waals surface area contributed by atoms with Crippen LogP contribution in [-0.4, -0.2) is 16.5 Å². The minimum Gasteiger partial charge on any atom is -0.258 e. The molecule has 15 heavy (non-hydrogen) atoms. The molecule has 0 saturated carbocycles. The summed E-state index contributed by atoms with van der Waals surface area (Å²) in [5.74, 6) is 0. The van der Waals surface area contributed by atoms with E-state index in [1.54, 1.807) is 6.92 Å². The summed E-state index contributed by atoms with van der Waals surface area (Å²) in [6.07, 6.45) is 0. The fourth-order valence-electron chi connectivity index (χ4n) is 1.21. The van der Waals surface area contributed by atoms with Crippen LogP contribution in [0.4, 0.5) is 11.4 Å². The molecule has 0 atom stereocenters. The molecule has 80 valence electrons. The minimum atomic E-state index is -0.664. The van der Waals surface area contributed by atoms with E-state index in [2.05, 4.69) is 0 Å². The van der Waals surface area contributed by atoms with E-state index in [0.717, 1.165) is 5.01 Å². The first kappa shape index (κ1) is 10.9. The maximum Gasteiger partial charge on any atom is 0.298 e. The molecule has 1 rings (SSSR count). The monoisotopic (exact) mass is 211 g/mol. The SMILES string of the molecule is CCN(c1ccccc1[N+](=O)[O-])[N+](=O)[O-]. The average molecular weight is 211 g/mol. The van der Waals surface area contributed by atoms with Gasteiger partial charge in [-0.3, -0.25) is 10.1 Å². The van der Waals surface area contributed by atoms with Crippen LogP contribution in [0, 0.1) is 20.2 Å². The molecule has 0 N–H and O–H groups in total. The molecule has 0 saturated heterocycles. The highest BCUT2D eigenvalue weighted by molar-refractivity contribution is 5.61. The fourth-order valence-corrected chi connectivity index (χ4v) is 1.21. The highest BCUT2D eigenvalue weighted by atomic mass is 16.7. The van der Waals surface area contributed by atoms with Gasteiger partial charge in [0.05, 0.1) is 11.5 Å². The molecule has 0 aliphatic carbocycles. The Kier molecular flexibility index (Phi) is 3.17. The van der Waals surface area contributed by atoms with Crippen molar-refractivity contribution in [2.75, 3.05) is 11.6 Å². The topological polar surface area (TPSA) is 89.5 Å². The maximum absolute atomic E-state index is 10.6. The van der Waals surface area contributed by atoms with E-state index >= 15 is 0 Å². The van der Waals surface area contributed by atoms with Gasteiger partial charge in [-0.25, -0.2) is 10.1 Å². The largest absolute Gasteiger partial charge is 0.298 e. The molecule has 0 heterocycles. The number of nitro groups is 2. The van der Waals surface area contributed by atoms with Crippen LogP contribution >= 0.6 is 0 Å². The Bertz CT molecular complexity index is 393. The Morgan fingerprint density at radius 3 is 2.33 bits per heavy atom. The predicted octanol–water partition coefficient (Wildman–Crippen LogP) is 1.61. The zero-order valence-corrected chi connectivity index (χ0v) is 7.99. The second-order valence-corrected chi connectivity index (χ2v) is 2.70. The molecule has 0 aliphatic heterocycles. The molecule has 0 fully saturated rings. The molecular formula is C8H9N3O4. The Morgan fingerprint density at radius 1 is 1.27 bits per heavy atom. The van der Waals surface area contributed by atoms with Crippen LogP contribution in [0.5, 0.6) is 0 Å². The molecule has 0 amide bonds. The van der Waals surface area contributed by atoms with Crippen LogP contribution in [0.1, 0.15) is 6.92 Å². The van der Waals surface area contributed by atoms with Crippen LogP contribution in [0.3, 0.4) is 0 Å². The van der Waals surface area contributed by atoms with E-state index in [-0.39, 0.29) is 17.9 Å². The molecule has 0 aliphatic rings. The van der Waals surface area contributed by atoms with Gasteiger partial charge in [-0.1, -0.05) is 17.1 Å². The molecule has 0 bridgehead atoms. The molecule has 0 aromatic heterocycles. The summed E-state index contributed by atoms with van der Waals surface area (Å²) < 4.78 is 0. The van der Waals surface area contributed by atoms with Gasteiger partial charge in [0.25, 0.3) is 5.69 Å². The molecule has 7 nitrogen and oxygen atoms in total. The van der Waals surface area contributed by atoms with Crippen LogP contribution in [0.15, 0.2) is 24.3 Å². The molecule has 7 heteroatoms. The van der Waals surface area contributed by atoms with E-state index in [0.29, 0.717) is 0 Å². The normalized spacial score (nSPS) is 9.67. The Hall–Kier alpha value is -2.18. The van der Waals surface area contributed by atoms with Gasteiger partial charge in [-0.2, -0.15) is 0 Å². The Morgan fingerprint density at radius 2 is 1.87 bits per heavy atom. The number of benzene rings is 1. The van der Waals surface area contributed by atoms with Crippen molar-refractivity contribution in [1.29, 1.82) is 0 Å². The van der Waals surface area contributed by atoms with E-state index < -0.39 is 9.96 Å². The Labute approximate surface area is 85.2 Å². The van der Waals surface area contributed by atoms with Gasteiger partial charge in [0.1, 0.15) is 0 Å². The smallest absolute Gasteiger partial charge is 0.258 e. The third-order valence-electron chi connectivity index (χ3n) is 1.85.